The zero-order valence-electron chi connectivity index (χ0n) is 11.6. The number of rotatable bonds is 3. The van der Waals surface area contributed by atoms with Crippen molar-refractivity contribution in [3.05, 3.63) is 34.9 Å². The molecule has 1 aliphatic heterocycles. The number of benzene rings is 1. The SMILES string of the molecule is Cc1ccc(C(Cl)CN2CCN(C)CC2)cc1C. The fraction of sp³-hybridized carbons (Fsp3) is 0.600. The van der Waals surface area contributed by atoms with Gasteiger partial charge in [-0.3, -0.25) is 4.90 Å². The normalized spacial score (nSPS) is 20.0. The van der Waals surface area contributed by atoms with Gasteiger partial charge < -0.3 is 4.90 Å². The molecule has 2 nitrogen and oxygen atoms in total. The van der Waals surface area contributed by atoms with E-state index in [-0.39, 0.29) is 5.38 Å². The lowest BCUT2D eigenvalue weighted by atomic mass is 10.0. The summed E-state index contributed by atoms with van der Waals surface area (Å²) in [4.78, 5) is 4.84. The number of hydrogen-bond donors (Lipinski definition) is 0. The first kappa shape index (κ1) is 13.9. The highest BCUT2D eigenvalue weighted by Gasteiger charge is 2.18. The van der Waals surface area contributed by atoms with Gasteiger partial charge in [0, 0.05) is 32.7 Å². The maximum absolute atomic E-state index is 6.54. The van der Waals surface area contributed by atoms with Crippen LogP contribution < -0.4 is 0 Å². The number of hydrogen-bond acceptors (Lipinski definition) is 2. The minimum absolute atomic E-state index is 0.104. The summed E-state index contributed by atoms with van der Waals surface area (Å²) in [7, 11) is 2.18. The van der Waals surface area contributed by atoms with E-state index in [0.717, 1.165) is 32.7 Å². The molecule has 1 heterocycles. The van der Waals surface area contributed by atoms with E-state index in [1.807, 2.05) is 0 Å². The Balaban J connectivity index is 1.94. The third-order valence-electron chi connectivity index (χ3n) is 3.91. The van der Waals surface area contributed by atoms with E-state index < -0.39 is 0 Å². The second-order valence-electron chi connectivity index (χ2n) is 5.42. The fourth-order valence-electron chi connectivity index (χ4n) is 2.32. The van der Waals surface area contributed by atoms with E-state index in [1.54, 1.807) is 0 Å². The van der Waals surface area contributed by atoms with Crippen LogP contribution in [0.1, 0.15) is 22.1 Å². The van der Waals surface area contributed by atoms with Gasteiger partial charge in [0.1, 0.15) is 0 Å². The molecule has 1 aliphatic rings. The topological polar surface area (TPSA) is 6.48 Å². The largest absolute Gasteiger partial charge is 0.304 e. The van der Waals surface area contributed by atoms with Crippen molar-refractivity contribution in [2.45, 2.75) is 19.2 Å². The van der Waals surface area contributed by atoms with Crippen LogP contribution in [0.25, 0.3) is 0 Å². The summed E-state index contributed by atoms with van der Waals surface area (Å²) < 4.78 is 0. The van der Waals surface area contributed by atoms with E-state index in [0.29, 0.717) is 0 Å². The van der Waals surface area contributed by atoms with Gasteiger partial charge in [0.15, 0.2) is 0 Å². The molecule has 100 valence electrons. The number of alkyl halides is 1. The zero-order chi connectivity index (χ0) is 13.1. The Kier molecular flexibility index (Phi) is 4.66. The zero-order valence-corrected chi connectivity index (χ0v) is 12.4. The molecule has 1 saturated heterocycles. The lowest BCUT2D eigenvalue weighted by Gasteiger charge is -2.33. The summed E-state index contributed by atoms with van der Waals surface area (Å²) in [6.07, 6.45) is 0. The Bertz CT molecular complexity index is 397. The quantitative estimate of drug-likeness (QED) is 0.777. The third-order valence-corrected chi connectivity index (χ3v) is 4.30. The molecule has 0 amide bonds. The Labute approximate surface area is 116 Å². The van der Waals surface area contributed by atoms with Crippen molar-refractivity contribution >= 4 is 11.6 Å². The second kappa shape index (κ2) is 6.05. The van der Waals surface area contributed by atoms with Gasteiger partial charge in [-0.2, -0.15) is 0 Å². The highest BCUT2D eigenvalue weighted by Crippen LogP contribution is 2.24. The highest BCUT2D eigenvalue weighted by molar-refractivity contribution is 6.21. The molecule has 0 saturated carbocycles. The van der Waals surface area contributed by atoms with E-state index in [2.05, 4.69) is 48.9 Å². The number of aryl methyl sites for hydroxylation is 2. The first-order valence-corrected chi connectivity index (χ1v) is 7.12. The number of halogens is 1. The molecule has 1 aromatic carbocycles. The Morgan fingerprint density at radius 1 is 1.11 bits per heavy atom. The van der Waals surface area contributed by atoms with Crippen molar-refractivity contribution in [2.24, 2.45) is 0 Å². The van der Waals surface area contributed by atoms with Crippen LogP contribution >= 0.6 is 11.6 Å². The van der Waals surface area contributed by atoms with Crippen LogP contribution in [-0.4, -0.2) is 49.6 Å². The van der Waals surface area contributed by atoms with Gasteiger partial charge in [-0.15, -0.1) is 11.6 Å². The van der Waals surface area contributed by atoms with Crippen molar-refractivity contribution < 1.29 is 0 Å². The molecule has 3 heteroatoms. The van der Waals surface area contributed by atoms with Crippen LogP contribution in [0, 0.1) is 13.8 Å². The molecule has 1 atom stereocenters. The first-order chi connectivity index (χ1) is 8.56. The predicted molar refractivity (Wildman–Crippen MR) is 78.4 cm³/mol. The molecule has 0 spiro atoms. The molecule has 1 fully saturated rings. The van der Waals surface area contributed by atoms with E-state index in [4.69, 9.17) is 11.6 Å². The van der Waals surface area contributed by atoms with Crippen molar-refractivity contribution in [3.8, 4) is 0 Å². The number of nitrogens with zero attached hydrogens (tertiary/aromatic N) is 2. The maximum atomic E-state index is 6.54. The van der Waals surface area contributed by atoms with Gasteiger partial charge in [-0.1, -0.05) is 18.2 Å². The summed E-state index contributed by atoms with van der Waals surface area (Å²) in [5, 5.41) is 0.104. The molecule has 0 aromatic heterocycles. The van der Waals surface area contributed by atoms with Gasteiger partial charge >= 0.3 is 0 Å². The van der Waals surface area contributed by atoms with Crippen molar-refractivity contribution in [1.82, 2.24) is 9.80 Å². The van der Waals surface area contributed by atoms with Crippen LogP contribution in [0.15, 0.2) is 18.2 Å². The van der Waals surface area contributed by atoms with Crippen molar-refractivity contribution in [2.75, 3.05) is 39.8 Å². The summed E-state index contributed by atoms with van der Waals surface area (Å²) in [6, 6.07) is 6.56. The first-order valence-electron chi connectivity index (χ1n) is 6.68. The molecule has 0 radical (unpaired) electrons. The van der Waals surface area contributed by atoms with Crippen molar-refractivity contribution in [3.63, 3.8) is 0 Å². The van der Waals surface area contributed by atoms with Gasteiger partial charge in [0.2, 0.25) is 0 Å². The van der Waals surface area contributed by atoms with Gasteiger partial charge in [-0.25, -0.2) is 0 Å². The number of likely N-dealkylation sites (N-methyl/N-ethyl adjacent to an activating group) is 1. The lowest BCUT2D eigenvalue weighted by molar-refractivity contribution is 0.154. The molecular weight excluding hydrogens is 244 g/mol. The maximum Gasteiger partial charge on any atom is 0.0712 e. The molecule has 0 aliphatic carbocycles. The van der Waals surface area contributed by atoms with Crippen LogP contribution in [-0.2, 0) is 0 Å². The van der Waals surface area contributed by atoms with Crippen molar-refractivity contribution in [1.29, 1.82) is 0 Å². The summed E-state index contributed by atoms with van der Waals surface area (Å²) in [5.74, 6) is 0. The monoisotopic (exact) mass is 266 g/mol. The molecule has 1 aromatic rings. The van der Waals surface area contributed by atoms with E-state index in [9.17, 15) is 0 Å². The average molecular weight is 267 g/mol. The van der Waals surface area contributed by atoms with Gasteiger partial charge in [0.25, 0.3) is 0 Å². The van der Waals surface area contributed by atoms with Crippen LogP contribution in [0.3, 0.4) is 0 Å². The minimum atomic E-state index is 0.104. The van der Waals surface area contributed by atoms with E-state index >= 15 is 0 Å². The lowest BCUT2D eigenvalue weighted by Crippen LogP contribution is -2.45. The highest BCUT2D eigenvalue weighted by atomic mass is 35.5. The van der Waals surface area contributed by atoms with Crippen LogP contribution in [0.4, 0.5) is 0 Å². The minimum Gasteiger partial charge on any atom is -0.304 e. The molecule has 0 N–H and O–H groups in total. The summed E-state index contributed by atoms with van der Waals surface area (Å²) in [5.41, 5.74) is 3.91. The second-order valence-corrected chi connectivity index (χ2v) is 5.94. The smallest absolute Gasteiger partial charge is 0.0712 e. The number of piperazine rings is 1. The summed E-state index contributed by atoms with van der Waals surface area (Å²) in [6.45, 7) is 9.81. The fourth-order valence-corrected chi connectivity index (χ4v) is 2.65. The predicted octanol–water partition coefficient (Wildman–Crippen LogP) is 2.83. The van der Waals surface area contributed by atoms with Gasteiger partial charge in [-0.05, 0) is 37.6 Å². The third kappa shape index (κ3) is 3.47. The average Bonchev–Trinajstić information content (AvgIpc) is 2.35. The molecular formula is C15H23ClN2. The Morgan fingerprint density at radius 3 is 2.39 bits per heavy atom. The molecule has 18 heavy (non-hydrogen) atoms. The van der Waals surface area contributed by atoms with E-state index in [1.165, 1.54) is 16.7 Å². The summed E-state index contributed by atoms with van der Waals surface area (Å²) >= 11 is 6.54. The Morgan fingerprint density at radius 2 is 1.78 bits per heavy atom. The van der Waals surface area contributed by atoms with Gasteiger partial charge in [0.05, 0.1) is 5.38 Å². The molecule has 1 unspecified atom stereocenters. The molecule has 0 bridgehead atoms. The standard InChI is InChI=1S/C15H23ClN2/c1-12-4-5-14(10-13(12)2)15(16)11-18-8-6-17(3)7-9-18/h4-5,10,15H,6-9,11H2,1-3H3. The Hall–Kier alpha value is -0.570. The van der Waals surface area contributed by atoms with Crippen LogP contribution in [0.2, 0.25) is 0 Å². The molecule has 2 rings (SSSR count). The van der Waals surface area contributed by atoms with Crippen LogP contribution in [0.5, 0.6) is 0 Å².